The van der Waals surface area contributed by atoms with Crippen LogP contribution in [-0.4, -0.2) is 50.5 Å². The van der Waals surface area contributed by atoms with Crippen LogP contribution in [0.5, 0.6) is 0 Å². The molecule has 4 heterocycles. The molecule has 4 aromatic rings. The molecule has 1 amide bonds. The van der Waals surface area contributed by atoms with Gasteiger partial charge in [0.2, 0.25) is 5.89 Å². The smallest absolute Gasteiger partial charge is 0.277 e. The maximum atomic E-state index is 13.2. The van der Waals surface area contributed by atoms with E-state index >= 15 is 0 Å². The van der Waals surface area contributed by atoms with Crippen LogP contribution in [0.3, 0.4) is 0 Å². The number of nitrogens with one attached hydrogen (secondary N) is 1. The second-order valence-corrected chi connectivity index (χ2v) is 8.89. The number of carbonyl (C=O) groups is 1. The predicted octanol–water partition coefficient (Wildman–Crippen LogP) is 3.70. The van der Waals surface area contributed by atoms with Crippen LogP contribution in [0.4, 0.5) is 11.4 Å². The zero-order valence-electron chi connectivity index (χ0n) is 19.6. The Bertz CT molecular complexity index is 1350. The van der Waals surface area contributed by atoms with Crippen LogP contribution in [0.1, 0.15) is 34.7 Å². The van der Waals surface area contributed by atoms with Gasteiger partial charge < -0.3 is 19.7 Å². The summed E-state index contributed by atoms with van der Waals surface area (Å²) in [5, 5.41) is 18.1. The van der Waals surface area contributed by atoms with Crippen LogP contribution in [-0.2, 0) is 7.05 Å². The van der Waals surface area contributed by atoms with Gasteiger partial charge in [0.15, 0.2) is 5.69 Å². The number of rotatable bonds is 5. The van der Waals surface area contributed by atoms with Crippen LogP contribution in [0, 0.1) is 19.8 Å². The lowest BCUT2D eigenvalue weighted by molar-refractivity contribution is 0.102. The number of aromatic nitrogens is 4. The highest BCUT2D eigenvalue weighted by atomic mass is 16.3. The molecule has 0 atom stereocenters. The van der Waals surface area contributed by atoms with Crippen molar-refractivity contribution < 1.29 is 14.3 Å². The van der Waals surface area contributed by atoms with Crippen LogP contribution in [0.15, 0.2) is 41.1 Å². The van der Waals surface area contributed by atoms with Gasteiger partial charge in [0.05, 0.1) is 22.6 Å². The monoisotopic (exact) mass is 460 g/mol. The number of hydrogen-bond donors (Lipinski definition) is 2. The Balaban J connectivity index is 1.46. The molecule has 0 aliphatic carbocycles. The summed E-state index contributed by atoms with van der Waals surface area (Å²) >= 11 is 0. The maximum Gasteiger partial charge on any atom is 0.277 e. The molecule has 0 spiro atoms. The quantitative estimate of drug-likeness (QED) is 0.467. The number of anilines is 2. The second-order valence-electron chi connectivity index (χ2n) is 8.89. The average molecular weight is 461 g/mol. The van der Waals surface area contributed by atoms with E-state index in [0.29, 0.717) is 17.5 Å². The first-order chi connectivity index (χ1) is 16.4. The van der Waals surface area contributed by atoms with Crippen LogP contribution >= 0.6 is 0 Å². The summed E-state index contributed by atoms with van der Waals surface area (Å²) in [6.45, 7) is 5.68. The average Bonchev–Trinajstić information content (AvgIpc) is 3.44. The van der Waals surface area contributed by atoms with E-state index < -0.39 is 0 Å². The molecule has 0 bridgehead atoms. The number of amides is 1. The van der Waals surface area contributed by atoms with Crippen molar-refractivity contribution in [2.45, 2.75) is 26.7 Å². The molecule has 34 heavy (non-hydrogen) atoms. The first-order valence-corrected chi connectivity index (χ1v) is 11.5. The molecule has 9 heteroatoms. The summed E-state index contributed by atoms with van der Waals surface area (Å²) < 4.78 is 7.44. The van der Waals surface area contributed by atoms with Crippen molar-refractivity contribution in [3.63, 3.8) is 0 Å². The Morgan fingerprint density at radius 3 is 2.76 bits per heavy atom. The van der Waals surface area contributed by atoms with Gasteiger partial charge in [-0.2, -0.15) is 5.10 Å². The summed E-state index contributed by atoms with van der Waals surface area (Å²) in [6, 6.07) is 7.73. The molecule has 1 saturated heterocycles. The van der Waals surface area contributed by atoms with Gasteiger partial charge in [-0.3, -0.25) is 14.5 Å². The molecular weight excluding hydrogens is 432 g/mol. The van der Waals surface area contributed by atoms with E-state index in [0.717, 1.165) is 59.5 Å². The predicted molar refractivity (Wildman–Crippen MR) is 130 cm³/mol. The van der Waals surface area contributed by atoms with Crippen molar-refractivity contribution in [2.24, 2.45) is 13.0 Å². The van der Waals surface area contributed by atoms with Crippen molar-refractivity contribution in [1.29, 1.82) is 0 Å². The van der Waals surface area contributed by atoms with Crippen LogP contribution in [0.25, 0.3) is 22.4 Å². The fourth-order valence-corrected chi connectivity index (χ4v) is 4.56. The molecule has 1 aromatic carbocycles. The Kier molecular flexibility index (Phi) is 5.79. The molecule has 1 aliphatic heterocycles. The number of aliphatic hydroxyl groups excluding tert-OH is 1. The van der Waals surface area contributed by atoms with E-state index in [4.69, 9.17) is 4.42 Å². The standard InChI is InChI=1S/C25H28N6O3/c1-15-10-18(4-7-26-15)25-28-21(14-34-25)24(33)27-20-11-19-16(2)29-30(3)22(19)12-23(20)31-8-5-17(13-32)6-9-31/h4,7,10-12,14,17,32H,5-6,8-9,13H2,1-3H3,(H,27,33). The van der Waals surface area contributed by atoms with Crippen molar-refractivity contribution in [3.05, 3.63) is 53.8 Å². The summed E-state index contributed by atoms with van der Waals surface area (Å²) in [7, 11) is 1.92. The highest BCUT2D eigenvalue weighted by Gasteiger charge is 2.24. The van der Waals surface area contributed by atoms with Crippen molar-refractivity contribution >= 4 is 28.2 Å². The number of piperidine rings is 1. The Morgan fingerprint density at radius 2 is 2.03 bits per heavy atom. The molecule has 2 N–H and O–H groups in total. The maximum absolute atomic E-state index is 13.2. The Hall–Kier alpha value is -3.72. The minimum absolute atomic E-state index is 0.206. The number of fused-ring (bicyclic) bond motifs is 1. The third-order valence-electron chi connectivity index (χ3n) is 6.49. The summed E-state index contributed by atoms with van der Waals surface area (Å²) in [4.78, 5) is 24.0. The molecule has 1 fully saturated rings. The van der Waals surface area contributed by atoms with E-state index in [1.165, 1.54) is 6.26 Å². The lowest BCUT2D eigenvalue weighted by Gasteiger charge is -2.34. The van der Waals surface area contributed by atoms with Gasteiger partial charge in [-0.1, -0.05) is 0 Å². The van der Waals surface area contributed by atoms with Gasteiger partial charge in [-0.15, -0.1) is 0 Å². The largest absolute Gasteiger partial charge is 0.444 e. The van der Waals surface area contributed by atoms with Gasteiger partial charge in [-0.05, 0) is 56.9 Å². The number of nitrogens with zero attached hydrogens (tertiary/aromatic N) is 5. The molecule has 176 valence electrons. The number of benzene rings is 1. The highest BCUT2D eigenvalue weighted by molar-refractivity contribution is 6.06. The number of oxazole rings is 1. The van der Waals surface area contributed by atoms with Crippen molar-refractivity contribution in [2.75, 3.05) is 29.9 Å². The summed E-state index contributed by atoms with van der Waals surface area (Å²) in [5.74, 6) is 0.357. The highest BCUT2D eigenvalue weighted by Crippen LogP contribution is 2.35. The zero-order chi connectivity index (χ0) is 23.8. The summed E-state index contributed by atoms with van der Waals surface area (Å²) in [6.07, 6.45) is 4.88. The number of pyridine rings is 1. The van der Waals surface area contributed by atoms with Crippen molar-refractivity contribution in [3.8, 4) is 11.5 Å². The number of hydrogen-bond acceptors (Lipinski definition) is 7. The van der Waals surface area contributed by atoms with Gasteiger partial charge >= 0.3 is 0 Å². The second kappa shape index (κ2) is 8.90. The van der Waals surface area contributed by atoms with Gasteiger partial charge in [0, 0.05) is 49.6 Å². The number of aliphatic hydroxyl groups is 1. The lowest BCUT2D eigenvalue weighted by atomic mass is 9.97. The minimum atomic E-state index is -0.340. The normalized spacial score (nSPS) is 14.6. The number of aryl methyl sites for hydroxylation is 3. The topological polar surface area (TPSA) is 109 Å². The van der Waals surface area contributed by atoms with E-state index in [1.54, 1.807) is 12.3 Å². The molecule has 3 aromatic heterocycles. The van der Waals surface area contributed by atoms with E-state index in [9.17, 15) is 9.90 Å². The van der Waals surface area contributed by atoms with E-state index in [2.05, 4.69) is 31.3 Å². The Labute approximate surface area is 197 Å². The fraction of sp³-hybridized carbons (Fsp3) is 0.360. The molecule has 0 unspecified atom stereocenters. The lowest BCUT2D eigenvalue weighted by Crippen LogP contribution is -2.35. The Morgan fingerprint density at radius 1 is 1.24 bits per heavy atom. The molecule has 0 saturated carbocycles. The molecule has 1 aliphatic rings. The molecule has 5 rings (SSSR count). The van der Waals surface area contributed by atoms with Crippen LogP contribution in [0.2, 0.25) is 0 Å². The third-order valence-corrected chi connectivity index (χ3v) is 6.49. The minimum Gasteiger partial charge on any atom is -0.444 e. The third kappa shape index (κ3) is 4.14. The van der Waals surface area contributed by atoms with Gasteiger partial charge in [0.25, 0.3) is 5.91 Å². The first kappa shape index (κ1) is 22.1. The SMILES string of the molecule is Cc1cc(-c2nc(C(=O)Nc3cc4c(C)nn(C)c4cc3N3CCC(CO)CC3)co2)ccn1. The number of carbonyl (C=O) groups excluding carboxylic acids is 1. The van der Waals surface area contributed by atoms with E-state index in [-0.39, 0.29) is 18.2 Å². The zero-order valence-corrected chi connectivity index (χ0v) is 19.6. The van der Waals surface area contributed by atoms with Gasteiger partial charge in [-0.25, -0.2) is 4.98 Å². The first-order valence-electron chi connectivity index (χ1n) is 11.5. The molecule has 9 nitrogen and oxygen atoms in total. The summed E-state index contributed by atoms with van der Waals surface area (Å²) in [5.41, 5.74) is 5.37. The van der Waals surface area contributed by atoms with Gasteiger partial charge in [0.1, 0.15) is 6.26 Å². The fourth-order valence-electron chi connectivity index (χ4n) is 4.56. The van der Waals surface area contributed by atoms with Crippen molar-refractivity contribution in [1.82, 2.24) is 19.7 Å². The molecular formula is C25H28N6O3. The molecule has 0 radical (unpaired) electrons. The van der Waals surface area contributed by atoms with Crippen LogP contribution < -0.4 is 10.2 Å². The van der Waals surface area contributed by atoms with E-state index in [1.807, 2.05) is 37.7 Å².